The fourth-order valence-corrected chi connectivity index (χ4v) is 11.1. The predicted molar refractivity (Wildman–Crippen MR) is 243 cm³/mol. The van der Waals surface area contributed by atoms with E-state index < -0.39 is 5.41 Å². The largest absolute Gasteiger partial charge is 0.456 e. The Labute approximate surface area is 339 Å². The molecule has 0 amide bonds. The molecule has 1 spiro atoms. The topological polar surface area (TPSA) is 26.3 Å². The Morgan fingerprint density at radius 2 is 0.915 bits per heavy atom. The van der Waals surface area contributed by atoms with Crippen LogP contribution in [0.4, 0.5) is 0 Å². The van der Waals surface area contributed by atoms with Crippen LogP contribution in [0, 0.1) is 0 Å². The van der Waals surface area contributed by atoms with E-state index in [9.17, 15) is 0 Å². The normalized spacial score (nSPS) is 13.6. The molecule has 0 atom stereocenters. The lowest BCUT2D eigenvalue weighted by Crippen LogP contribution is -2.25. The second kappa shape index (κ2) is 11.2. The number of para-hydroxylation sites is 1. The van der Waals surface area contributed by atoms with E-state index in [2.05, 4.69) is 188 Å². The minimum absolute atomic E-state index is 0.483. The average Bonchev–Trinajstić information content (AvgIpc) is 4.03. The summed E-state index contributed by atoms with van der Waals surface area (Å²) in [6.45, 7) is 0. The van der Waals surface area contributed by atoms with Gasteiger partial charge in [0.1, 0.15) is 22.3 Å². The number of fused-ring (bicyclic) bond motifs is 19. The maximum atomic E-state index is 6.67. The first-order valence-corrected chi connectivity index (χ1v) is 20.4. The molecule has 2 nitrogen and oxygen atoms in total. The average molecular weight is 749 g/mol. The van der Waals surface area contributed by atoms with Crippen LogP contribution in [0.5, 0.6) is 0 Å². The minimum atomic E-state index is -0.483. The Hall–Kier alpha value is -7.68. The van der Waals surface area contributed by atoms with Crippen LogP contribution in [0.15, 0.2) is 203 Å². The molecule has 2 heterocycles. The van der Waals surface area contributed by atoms with Gasteiger partial charge < -0.3 is 8.83 Å². The van der Waals surface area contributed by atoms with Gasteiger partial charge in [-0.15, -0.1) is 0 Å². The summed E-state index contributed by atoms with van der Waals surface area (Å²) in [7, 11) is 0. The molecule has 0 unspecified atom stereocenters. The van der Waals surface area contributed by atoms with Crippen molar-refractivity contribution >= 4 is 65.4 Å². The van der Waals surface area contributed by atoms with Crippen molar-refractivity contribution in [2.45, 2.75) is 5.41 Å². The molecule has 12 aromatic rings. The van der Waals surface area contributed by atoms with Crippen molar-refractivity contribution in [1.29, 1.82) is 0 Å². The SMILES string of the molecule is c1ccc2c(c1)-c1ccccc1C21c2ccccc2-c2c1cc1cc(-c3cccc4oc5c6ccccc6ccc5c34)ccc1c2-c1ccc2c(c1)oc1ccccc12. The first kappa shape index (κ1) is 31.4. The molecule has 0 radical (unpaired) electrons. The molecule has 59 heavy (non-hydrogen) atoms. The van der Waals surface area contributed by atoms with Crippen molar-refractivity contribution < 1.29 is 8.83 Å². The Morgan fingerprint density at radius 1 is 0.305 bits per heavy atom. The summed E-state index contributed by atoms with van der Waals surface area (Å²) in [5, 5.41) is 9.28. The van der Waals surface area contributed by atoms with Crippen LogP contribution in [0.2, 0.25) is 0 Å². The third-order valence-electron chi connectivity index (χ3n) is 13.5. The summed E-state index contributed by atoms with van der Waals surface area (Å²) in [6, 6.07) is 71.4. The first-order chi connectivity index (χ1) is 29.3. The highest BCUT2D eigenvalue weighted by molar-refractivity contribution is 6.20. The summed E-state index contributed by atoms with van der Waals surface area (Å²) in [6.07, 6.45) is 0. The summed E-state index contributed by atoms with van der Waals surface area (Å²) in [4.78, 5) is 0. The van der Waals surface area contributed by atoms with Gasteiger partial charge in [-0.25, -0.2) is 0 Å². The van der Waals surface area contributed by atoms with E-state index in [1.165, 1.54) is 71.8 Å². The molecule has 2 heteroatoms. The molecule has 0 N–H and O–H groups in total. The number of furan rings is 2. The fourth-order valence-electron chi connectivity index (χ4n) is 11.1. The van der Waals surface area contributed by atoms with Crippen molar-refractivity contribution in [3.8, 4) is 44.5 Å². The zero-order valence-corrected chi connectivity index (χ0v) is 31.8. The zero-order chi connectivity index (χ0) is 38.4. The minimum Gasteiger partial charge on any atom is -0.456 e. The monoisotopic (exact) mass is 748 g/mol. The van der Waals surface area contributed by atoms with Gasteiger partial charge >= 0.3 is 0 Å². The Balaban J connectivity index is 1.11. The first-order valence-electron chi connectivity index (χ1n) is 20.4. The van der Waals surface area contributed by atoms with Gasteiger partial charge in [-0.2, -0.15) is 0 Å². The summed E-state index contributed by atoms with van der Waals surface area (Å²) in [5.74, 6) is 0. The predicted octanol–water partition coefficient (Wildman–Crippen LogP) is 15.5. The third-order valence-corrected chi connectivity index (χ3v) is 13.5. The van der Waals surface area contributed by atoms with Gasteiger partial charge in [0.15, 0.2) is 0 Å². The second-order valence-electron chi connectivity index (χ2n) is 16.3. The third kappa shape index (κ3) is 3.96. The summed E-state index contributed by atoms with van der Waals surface area (Å²) < 4.78 is 13.2. The van der Waals surface area contributed by atoms with Gasteiger partial charge in [0.25, 0.3) is 0 Å². The van der Waals surface area contributed by atoms with Crippen LogP contribution in [-0.2, 0) is 5.41 Å². The van der Waals surface area contributed by atoms with Crippen LogP contribution in [0.1, 0.15) is 22.3 Å². The maximum Gasteiger partial charge on any atom is 0.143 e. The van der Waals surface area contributed by atoms with E-state index in [0.717, 1.165) is 60.4 Å². The number of benzene rings is 10. The van der Waals surface area contributed by atoms with E-state index >= 15 is 0 Å². The van der Waals surface area contributed by atoms with Crippen LogP contribution < -0.4 is 0 Å². The number of hydrogen-bond donors (Lipinski definition) is 0. The molecule has 0 aliphatic heterocycles. The summed E-state index contributed by atoms with van der Waals surface area (Å²) >= 11 is 0. The molecular formula is C57H32O2. The molecule has 2 aromatic heterocycles. The molecule has 2 aliphatic rings. The Morgan fingerprint density at radius 3 is 1.75 bits per heavy atom. The van der Waals surface area contributed by atoms with Gasteiger partial charge in [-0.3, -0.25) is 0 Å². The van der Waals surface area contributed by atoms with E-state index in [4.69, 9.17) is 8.83 Å². The van der Waals surface area contributed by atoms with Crippen molar-refractivity contribution in [2.75, 3.05) is 0 Å². The molecule has 10 aromatic carbocycles. The van der Waals surface area contributed by atoms with Crippen LogP contribution in [-0.4, -0.2) is 0 Å². The lowest BCUT2D eigenvalue weighted by Gasteiger charge is -2.31. The van der Waals surface area contributed by atoms with Gasteiger partial charge in [0, 0.05) is 26.9 Å². The Bertz CT molecular complexity index is 3750. The van der Waals surface area contributed by atoms with E-state index in [0.29, 0.717) is 0 Å². The smallest absolute Gasteiger partial charge is 0.143 e. The molecule has 0 saturated carbocycles. The fraction of sp³-hybridized carbons (Fsp3) is 0.0175. The van der Waals surface area contributed by atoms with Crippen molar-refractivity contribution in [3.05, 3.63) is 216 Å². The molecule has 0 saturated heterocycles. The van der Waals surface area contributed by atoms with Crippen LogP contribution in [0.25, 0.3) is 110 Å². The molecule has 0 fully saturated rings. The van der Waals surface area contributed by atoms with Crippen molar-refractivity contribution in [3.63, 3.8) is 0 Å². The maximum absolute atomic E-state index is 6.67. The van der Waals surface area contributed by atoms with Gasteiger partial charge in [0.05, 0.1) is 5.41 Å². The van der Waals surface area contributed by atoms with E-state index in [1.807, 2.05) is 6.07 Å². The number of rotatable bonds is 2. The van der Waals surface area contributed by atoms with E-state index in [-0.39, 0.29) is 0 Å². The van der Waals surface area contributed by atoms with Crippen molar-refractivity contribution in [1.82, 2.24) is 0 Å². The molecule has 272 valence electrons. The Kier molecular flexibility index (Phi) is 5.99. The standard InChI is InChI=1S/C57H32O2/c1-2-13-39-33(12-1)24-29-45-54-37(18-11-23-51(54)59-56(39)45)34-25-27-38-36(30-34)31-49-55(53(38)35-26-28-43-42-16-6-10-22-50(42)58-52(43)32-35)44-17-5-9-21-48(44)57(49)46-19-7-3-14-40(46)41-15-4-8-20-47(41)57/h1-32H. The quantitative estimate of drug-likeness (QED) is 0.176. The summed E-state index contributed by atoms with van der Waals surface area (Å²) in [5.41, 5.74) is 18.4. The van der Waals surface area contributed by atoms with Gasteiger partial charge in [-0.05, 0) is 125 Å². The lowest BCUT2D eigenvalue weighted by molar-refractivity contribution is 0.669. The molecule has 2 aliphatic carbocycles. The highest BCUT2D eigenvalue weighted by Crippen LogP contribution is 2.65. The molecule has 14 rings (SSSR count). The molecular weight excluding hydrogens is 717 g/mol. The molecule has 0 bridgehead atoms. The van der Waals surface area contributed by atoms with Gasteiger partial charge in [0.2, 0.25) is 0 Å². The second-order valence-corrected chi connectivity index (χ2v) is 16.3. The number of hydrogen-bond acceptors (Lipinski definition) is 2. The highest BCUT2D eigenvalue weighted by atomic mass is 16.3. The van der Waals surface area contributed by atoms with Gasteiger partial charge in [-0.1, -0.05) is 152 Å². The zero-order valence-electron chi connectivity index (χ0n) is 31.8. The van der Waals surface area contributed by atoms with Crippen LogP contribution >= 0.6 is 0 Å². The van der Waals surface area contributed by atoms with Crippen molar-refractivity contribution in [2.24, 2.45) is 0 Å². The highest BCUT2D eigenvalue weighted by Gasteiger charge is 2.52. The van der Waals surface area contributed by atoms with E-state index in [1.54, 1.807) is 0 Å². The van der Waals surface area contributed by atoms with Crippen LogP contribution in [0.3, 0.4) is 0 Å². The lowest BCUT2D eigenvalue weighted by atomic mass is 9.70.